The van der Waals surface area contributed by atoms with Crippen molar-refractivity contribution in [2.45, 2.75) is 37.0 Å². The molecule has 1 unspecified atom stereocenters. The Bertz CT molecular complexity index is 1130. The number of carboxylic acids is 1. The average molecular weight is 433 g/mol. The molecule has 31 heavy (non-hydrogen) atoms. The van der Waals surface area contributed by atoms with E-state index >= 15 is 0 Å². The van der Waals surface area contributed by atoms with Crippen LogP contribution in [0.4, 0.5) is 11.4 Å². The van der Waals surface area contributed by atoms with Crippen LogP contribution in [0.15, 0.2) is 65.6 Å². The quantitative estimate of drug-likeness (QED) is 0.564. The Kier molecular flexibility index (Phi) is 5.74. The fourth-order valence-electron chi connectivity index (χ4n) is 4.00. The number of aryl methyl sites for hydroxylation is 2. The van der Waals surface area contributed by atoms with Crippen molar-refractivity contribution in [1.29, 1.82) is 0 Å². The summed E-state index contributed by atoms with van der Waals surface area (Å²) in [4.78, 5) is 27.6. The van der Waals surface area contributed by atoms with Crippen molar-refractivity contribution >= 4 is 35.0 Å². The minimum absolute atomic E-state index is 0.0571. The molecule has 1 aliphatic heterocycles. The summed E-state index contributed by atoms with van der Waals surface area (Å²) in [6.07, 6.45) is 0.536. The van der Waals surface area contributed by atoms with Gasteiger partial charge in [-0.2, -0.15) is 0 Å². The number of hydrogen-bond donors (Lipinski definition) is 2. The number of thioether (sulfide) groups is 1. The number of rotatable bonds is 5. The minimum Gasteiger partial charge on any atom is -0.478 e. The lowest BCUT2D eigenvalue weighted by molar-refractivity contribution is -0.118. The predicted octanol–water partition coefficient (Wildman–Crippen LogP) is 4.83. The molecule has 0 saturated carbocycles. The minimum atomic E-state index is -0.955. The van der Waals surface area contributed by atoms with Crippen LogP contribution in [-0.2, 0) is 17.8 Å². The number of hydrogen-bond acceptors (Lipinski definition) is 4. The summed E-state index contributed by atoms with van der Waals surface area (Å²) in [5.74, 6) is -0.898. The second-order valence-electron chi connectivity index (χ2n) is 7.84. The number of amides is 1. The predicted molar refractivity (Wildman–Crippen MR) is 125 cm³/mol. The van der Waals surface area contributed by atoms with E-state index < -0.39 is 5.97 Å². The third-order valence-electron chi connectivity index (χ3n) is 5.62. The molecule has 0 fully saturated rings. The van der Waals surface area contributed by atoms with E-state index in [1.165, 1.54) is 0 Å². The first kappa shape index (κ1) is 21.0. The smallest absolute Gasteiger partial charge is 0.335 e. The van der Waals surface area contributed by atoms with Crippen LogP contribution in [0.1, 0.15) is 32.6 Å². The molecule has 0 aliphatic carbocycles. The monoisotopic (exact) mass is 432 g/mol. The van der Waals surface area contributed by atoms with Crippen molar-refractivity contribution in [2.24, 2.45) is 0 Å². The molecular formula is C25H24N2O3S. The van der Waals surface area contributed by atoms with E-state index in [0.717, 1.165) is 38.5 Å². The number of fused-ring (bicyclic) bond motifs is 1. The summed E-state index contributed by atoms with van der Waals surface area (Å²) in [6, 6.07) is 18.6. The first-order valence-electron chi connectivity index (χ1n) is 10.1. The molecule has 4 rings (SSSR count). The zero-order chi connectivity index (χ0) is 22.1. The van der Waals surface area contributed by atoms with E-state index in [9.17, 15) is 9.59 Å². The number of carbonyl (C=O) groups excluding carboxylic acids is 1. The molecule has 0 radical (unpaired) electrons. The molecule has 0 saturated heterocycles. The molecular weight excluding hydrogens is 408 g/mol. The highest BCUT2D eigenvalue weighted by molar-refractivity contribution is 8.01. The van der Waals surface area contributed by atoms with Crippen LogP contribution in [0.2, 0.25) is 0 Å². The second kappa shape index (κ2) is 8.47. The molecule has 6 heteroatoms. The number of para-hydroxylation sites is 1. The van der Waals surface area contributed by atoms with Crippen molar-refractivity contribution in [3.05, 3.63) is 88.5 Å². The number of carboxylic acid groups (broad SMARTS) is 1. The molecule has 1 aliphatic rings. The Labute approximate surface area is 185 Å². The van der Waals surface area contributed by atoms with Gasteiger partial charge in [-0.05, 0) is 78.9 Å². The van der Waals surface area contributed by atoms with Gasteiger partial charge in [0, 0.05) is 10.6 Å². The molecule has 1 amide bonds. The van der Waals surface area contributed by atoms with Gasteiger partial charge in [-0.15, -0.1) is 11.8 Å². The van der Waals surface area contributed by atoms with E-state index in [-0.39, 0.29) is 16.7 Å². The lowest BCUT2D eigenvalue weighted by Gasteiger charge is -2.34. The maximum atomic E-state index is 13.5. The Morgan fingerprint density at radius 1 is 1.06 bits per heavy atom. The van der Waals surface area contributed by atoms with Crippen molar-refractivity contribution in [3.8, 4) is 0 Å². The molecule has 1 heterocycles. The first-order valence-corrected chi connectivity index (χ1v) is 11.0. The number of anilines is 2. The summed E-state index contributed by atoms with van der Waals surface area (Å²) in [6.45, 7) is 4.54. The Balaban J connectivity index is 1.65. The Morgan fingerprint density at radius 2 is 1.71 bits per heavy atom. The van der Waals surface area contributed by atoms with Crippen LogP contribution in [0.5, 0.6) is 0 Å². The third-order valence-corrected chi connectivity index (χ3v) is 6.88. The molecule has 0 bridgehead atoms. The highest BCUT2D eigenvalue weighted by atomic mass is 32.2. The number of carbonyl (C=O) groups is 2. The van der Waals surface area contributed by atoms with Crippen molar-refractivity contribution in [2.75, 3.05) is 10.6 Å². The third kappa shape index (κ3) is 4.30. The second-order valence-corrected chi connectivity index (χ2v) is 9.08. The standard InChI is InChI=1S/C25H24N2O3S/c1-15-11-19(26)12-16(2)20(15)14-27-21-5-3-4-6-22(21)31-23(24(27)28)13-17-7-9-18(10-8-17)25(29)30/h3-12,23H,13-14,26H2,1-2H3,(H,29,30). The highest BCUT2D eigenvalue weighted by Gasteiger charge is 2.34. The molecule has 5 nitrogen and oxygen atoms in total. The van der Waals surface area contributed by atoms with Gasteiger partial charge in [-0.3, -0.25) is 4.79 Å². The molecule has 3 aromatic carbocycles. The van der Waals surface area contributed by atoms with Crippen LogP contribution in [0.3, 0.4) is 0 Å². The maximum Gasteiger partial charge on any atom is 0.335 e. The highest BCUT2D eigenvalue weighted by Crippen LogP contribution is 2.41. The van der Waals surface area contributed by atoms with Gasteiger partial charge in [0.2, 0.25) is 5.91 Å². The number of benzene rings is 3. The van der Waals surface area contributed by atoms with Gasteiger partial charge in [0.1, 0.15) is 0 Å². The SMILES string of the molecule is Cc1cc(N)cc(C)c1CN1C(=O)C(Cc2ccc(C(=O)O)cc2)Sc2ccccc21. The molecule has 0 aromatic heterocycles. The number of aromatic carboxylic acids is 1. The Hall–Kier alpha value is -3.25. The van der Waals surface area contributed by atoms with E-state index in [2.05, 4.69) is 0 Å². The summed E-state index contributed by atoms with van der Waals surface area (Å²) in [5.41, 5.74) is 12.1. The van der Waals surface area contributed by atoms with E-state index in [1.54, 1.807) is 36.0 Å². The molecule has 1 atom stereocenters. The van der Waals surface area contributed by atoms with E-state index in [1.807, 2.05) is 55.1 Å². The van der Waals surface area contributed by atoms with Crippen LogP contribution in [0.25, 0.3) is 0 Å². The van der Waals surface area contributed by atoms with Crippen LogP contribution in [-0.4, -0.2) is 22.2 Å². The number of nitrogens with zero attached hydrogens (tertiary/aromatic N) is 1. The van der Waals surface area contributed by atoms with Crippen molar-refractivity contribution in [1.82, 2.24) is 0 Å². The van der Waals surface area contributed by atoms with Gasteiger partial charge in [0.15, 0.2) is 0 Å². The number of nitrogens with two attached hydrogens (primary N) is 1. The van der Waals surface area contributed by atoms with E-state index in [0.29, 0.717) is 13.0 Å². The summed E-state index contributed by atoms with van der Waals surface area (Å²) >= 11 is 1.57. The molecule has 3 aromatic rings. The maximum absolute atomic E-state index is 13.5. The van der Waals surface area contributed by atoms with Crippen LogP contribution < -0.4 is 10.6 Å². The molecule has 3 N–H and O–H groups in total. The van der Waals surface area contributed by atoms with Gasteiger partial charge in [-0.1, -0.05) is 24.3 Å². The van der Waals surface area contributed by atoms with Gasteiger partial charge < -0.3 is 15.7 Å². The topological polar surface area (TPSA) is 83.6 Å². The largest absolute Gasteiger partial charge is 0.478 e. The Morgan fingerprint density at radius 3 is 2.35 bits per heavy atom. The van der Waals surface area contributed by atoms with E-state index in [4.69, 9.17) is 10.8 Å². The normalized spacial score (nSPS) is 15.6. The first-order chi connectivity index (χ1) is 14.8. The lowest BCUT2D eigenvalue weighted by Crippen LogP contribution is -2.41. The summed E-state index contributed by atoms with van der Waals surface area (Å²) in [7, 11) is 0. The van der Waals surface area contributed by atoms with Gasteiger partial charge >= 0.3 is 5.97 Å². The van der Waals surface area contributed by atoms with Gasteiger partial charge in [0.25, 0.3) is 0 Å². The average Bonchev–Trinajstić information content (AvgIpc) is 2.73. The molecule has 158 valence electrons. The lowest BCUT2D eigenvalue weighted by atomic mass is 10.00. The van der Waals surface area contributed by atoms with Crippen LogP contribution >= 0.6 is 11.8 Å². The summed E-state index contributed by atoms with van der Waals surface area (Å²) < 4.78 is 0. The van der Waals surface area contributed by atoms with Crippen LogP contribution in [0, 0.1) is 13.8 Å². The zero-order valence-electron chi connectivity index (χ0n) is 17.5. The molecule has 0 spiro atoms. The zero-order valence-corrected chi connectivity index (χ0v) is 18.3. The fraction of sp³-hybridized carbons (Fsp3) is 0.200. The van der Waals surface area contributed by atoms with Gasteiger partial charge in [-0.25, -0.2) is 4.79 Å². The number of nitrogen functional groups attached to an aromatic ring is 1. The summed E-state index contributed by atoms with van der Waals surface area (Å²) in [5, 5.41) is 8.83. The van der Waals surface area contributed by atoms with Crippen molar-refractivity contribution in [3.63, 3.8) is 0 Å². The fourth-order valence-corrected chi connectivity index (χ4v) is 5.27. The van der Waals surface area contributed by atoms with Gasteiger partial charge in [0.05, 0.1) is 23.0 Å². The van der Waals surface area contributed by atoms with Crippen molar-refractivity contribution < 1.29 is 14.7 Å².